The molecule has 2 aromatic rings. The molecule has 1 unspecified atom stereocenters. The number of carbonyl (C=O) groups is 1. The molecule has 144 valence electrons. The molecule has 2 amide bonds. The van der Waals surface area contributed by atoms with Gasteiger partial charge in [-0.15, -0.1) is 0 Å². The first-order valence-corrected chi connectivity index (χ1v) is 8.99. The first-order valence-electron chi connectivity index (χ1n) is 8.18. The molecule has 1 fully saturated rings. The maximum atomic E-state index is 13.6. The number of hydrogen-bond donors (Lipinski definition) is 1. The molecule has 3 rings (SSSR count). The average molecular weight is 391 g/mol. The topological polar surface area (TPSA) is 71.8 Å². The van der Waals surface area contributed by atoms with Gasteiger partial charge in [0.15, 0.2) is 5.69 Å². The number of nitrogens with one attached hydrogen (secondary N) is 1. The second kappa shape index (κ2) is 7.03. The molecular formula is C15H20F3N5O2S. The zero-order valence-electron chi connectivity index (χ0n) is 14.6. The quantitative estimate of drug-likeness (QED) is 0.822. The fourth-order valence-electron chi connectivity index (χ4n) is 3.09. The van der Waals surface area contributed by atoms with Gasteiger partial charge >= 0.3 is 12.2 Å². The molecular weight excluding hydrogens is 371 g/mol. The van der Waals surface area contributed by atoms with Crippen LogP contribution in [0.1, 0.15) is 36.7 Å². The summed E-state index contributed by atoms with van der Waals surface area (Å²) in [5.41, 5.74) is -1.13. The maximum Gasteiger partial charge on any atom is 0.435 e. The number of hydrogen-bond acceptors (Lipinski definition) is 5. The van der Waals surface area contributed by atoms with Crippen LogP contribution in [0.3, 0.4) is 0 Å². The molecule has 1 saturated heterocycles. The highest BCUT2D eigenvalue weighted by atomic mass is 32.1. The van der Waals surface area contributed by atoms with Crippen molar-refractivity contribution >= 4 is 22.3 Å². The van der Waals surface area contributed by atoms with Gasteiger partial charge in [-0.1, -0.05) is 25.2 Å². The van der Waals surface area contributed by atoms with E-state index in [1.807, 2.05) is 13.8 Å². The summed E-state index contributed by atoms with van der Waals surface area (Å²) in [6, 6.07) is -0.430. The number of rotatable bonds is 6. The van der Waals surface area contributed by atoms with Crippen molar-refractivity contribution in [3.63, 3.8) is 0 Å². The normalized spacial score (nSPS) is 18.3. The number of urea groups is 1. The number of carbonyl (C=O) groups excluding carboxylic acids is 1. The number of fused-ring (bicyclic) bond motifs is 1. The summed E-state index contributed by atoms with van der Waals surface area (Å²) in [6.07, 6.45) is -3.85. The second-order valence-corrected chi connectivity index (χ2v) is 7.73. The molecule has 0 aliphatic carbocycles. The van der Waals surface area contributed by atoms with Crippen LogP contribution in [-0.4, -0.2) is 45.2 Å². The SMILES string of the molecule is COCc1nn2c(C(F)(F)F)c(CN3CC(CC(C)C)NC3=O)nc2s1. The molecule has 11 heteroatoms. The molecule has 26 heavy (non-hydrogen) atoms. The summed E-state index contributed by atoms with van der Waals surface area (Å²) < 4.78 is 46.5. The third-order valence-corrected chi connectivity index (χ3v) is 4.89. The van der Waals surface area contributed by atoms with Crippen molar-refractivity contribution in [2.75, 3.05) is 13.7 Å². The first kappa shape index (κ1) is 18.9. The Kier molecular flexibility index (Phi) is 5.11. The molecule has 0 spiro atoms. The Labute approximate surface area is 152 Å². The third kappa shape index (κ3) is 3.78. The number of amides is 2. The van der Waals surface area contributed by atoms with Gasteiger partial charge in [0.25, 0.3) is 0 Å². The third-order valence-electron chi connectivity index (χ3n) is 4.01. The standard InChI is InChI=1S/C15H20F3N5O2S/c1-8(2)4-9-5-22(13(24)19-9)6-10-12(15(16,17)18)23-14(20-10)26-11(21-23)7-25-3/h8-9H,4-7H2,1-3H3,(H,19,24). The molecule has 1 aliphatic rings. The summed E-state index contributed by atoms with van der Waals surface area (Å²) in [5, 5.41) is 7.16. The van der Waals surface area contributed by atoms with Crippen LogP contribution in [0.15, 0.2) is 0 Å². The van der Waals surface area contributed by atoms with Crippen LogP contribution in [0.2, 0.25) is 0 Å². The lowest BCUT2D eigenvalue weighted by Gasteiger charge is -2.15. The van der Waals surface area contributed by atoms with Crippen molar-refractivity contribution in [1.29, 1.82) is 0 Å². The predicted octanol–water partition coefficient (Wildman–Crippen LogP) is 2.90. The van der Waals surface area contributed by atoms with Gasteiger partial charge in [-0.2, -0.15) is 22.8 Å². The van der Waals surface area contributed by atoms with E-state index in [1.54, 1.807) is 0 Å². The molecule has 1 N–H and O–H groups in total. The Morgan fingerprint density at radius 3 is 2.77 bits per heavy atom. The average Bonchev–Trinajstić information content (AvgIpc) is 3.11. The molecule has 0 radical (unpaired) electrons. The Hall–Kier alpha value is -1.88. The van der Waals surface area contributed by atoms with Gasteiger partial charge in [-0.3, -0.25) is 0 Å². The van der Waals surface area contributed by atoms with Gasteiger partial charge in [0.05, 0.1) is 18.8 Å². The van der Waals surface area contributed by atoms with E-state index in [4.69, 9.17) is 4.74 Å². The molecule has 3 heterocycles. The van der Waals surface area contributed by atoms with E-state index in [-0.39, 0.29) is 35.9 Å². The fraction of sp³-hybridized carbons (Fsp3) is 0.667. The smallest absolute Gasteiger partial charge is 0.377 e. The minimum atomic E-state index is -4.62. The number of aromatic nitrogens is 3. The zero-order chi connectivity index (χ0) is 19.1. The molecule has 1 aliphatic heterocycles. The highest BCUT2D eigenvalue weighted by Gasteiger charge is 2.41. The minimum Gasteiger partial charge on any atom is -0.377 e. The van der Waals surface area contributed by atoms with Crippen molar-refractivity contribution in [2.24, 2.45) is 5.92 Å². The minimum absolute atomic E-state index is 0.0630. The molecule has 1 atom stereocenters. The van der Waals surface area contributed by atoms with E-state index in [9.17, 15) is 18.0 Å². The molecule has 7 nitrogen and oxygen atoms in total. The van der Waals surface area contributed by atoms with Crippen LogP contribution >= 0.6 is 11.3 Å². The largest absolute Gasteiger partial charge is 0.435 e. The maximum absolute atomic E-state index is 13.6. The van der Waals surface area contributed by atoms with E-state index in [0.717, 1.165) is 22.3 Å². The van der Waals surface area contributed by atoms with Crippen molar-refractivity contribution in [1.82, 2.24) is 24.8 Å². The van der Waals surface area contributed by atoms with E-state index >= 15 is 0 Å². The second-order valence-electron chi connectivity index (χ2n) is 6.68. The van der Waals surface area contributed by atoms with Crippen LogP contribution in [-0.2, 0) is 24.1 Å². The van der Waals surface area contributed by atoms with Crippen LogP contribution in [0.5, 0.6) is 0 Å². The Bertz CT molecular complexity index is 801. The van der Waals surface area contributed by atoms with Crippen LogP contribution in [0.25, 0.3) is 4.96 Å². The predicted molar refractivity (Wildman–Crippen MR) is 88.8 cm³/mol. The zero-order valence-corrected chi connectivity index (χ0v) is 15.4. The van der Waals surface area contributed by atoms with Crippen LogP contribution in [0.4, 0.5) is 18.0 Å². The van der Waals surface area contributed by atoms with Crippen molar-refractivity contribution in [3.05, 3.63) is 16.4 Å². The Balaban J connectivity index is 1.88. The molecule has 2 aromatic heterocycles. The van der Waals surface area contributed by atoms with Gasteiger partial charge in [0, 0.05) is 19.7 Å². The number of nitrogens with zero attached hydrogens (tertiary/aromatic N) is 4. The van der Waals surface area contributed by atoms with Gasteiger partial charge in [-0.25, -0.2) is 9.78 Å². The van der Waals surface area contributed by atoms with E-state index in [1.165, 1.54) is 12.0 Å². The summed E-state index contributed by atoms with van der Waals surface area (Å²) in [5.74, 6) is 0.382. The lowest BCUT2D eigenvalue weighted by Crippen LogP contribution is -2.29. The number of ether oxygens (including phenoxy) is 1. The van der Waals surface area contributed by atoms with Gasteiger partial charge in [0.2, 0.25) is 4.96 Å². The number of methoxy groups -OCH3 is 1. The Morgan fingerprint density at radius 2 is 2.15 bits per heavy atom. The van der Waals surface area contributed by atoms with Crippen molar-refractivity contribution in [3.8, 4) is 0 Å². The van der Waals surface area contributed by atoms with E-state index in [2.05, 4.69) is 15.4 Å². The highest BCUT2D eigenvalue weighted by Crippen LogP contribution is 2.34. The monoisotopic (exact) mass is 391 g/mol. The fourth-order valence-corrected chi connectivity index (χ4v) is 3.97. The summed E-state index contributed by atoms with van der Waals surface area (Å²) >= 11 is 1.04. The molecule has 0 aromatic carbocycles. The first-order chi connectivity index (χ1) is 12.2. The highest BCUT2D eigenvalue weighted by molar-refractivity contribution is 7.16. The molecule has 0 saturated carbocycles. The summed E-state index contributed by atoms with van der Waals surface area (Å²) in [6.45, 7) is 4.34. The lowest BCUT2D eigenvalue weighted by molar-refractivity contribution is -0.143. The Morgan fingerprint density at radius 1 is 1.42 bits per heavy atom. The van der Waals surface area contributed by atoms with Gasteiger partial charge in [-0.05, 0) is 12.3 Å². The lowest BCUT2D eigenvalue weighted by atomic mass is 10.0. The summed E-state index contributed by atoms with van der Waals surface area (Å²) in [7, 11) is 1.44. The van der Waals surface area contributed by atoms with Crippen LogP contribution < -0.4 is 5.32 Å². The number of imidazole rings is 1. The molecule has 0 bridgehead atoms. The number of alkyl halides is 3. The van der Waals surface area contributed by atoms with E-state index < -0.39 is 11.9 Å². The van der Waals surface area contributed by atoms with Crippen molar-refractivity contribution < 1.29 is 22.7 Å². The van der Waals surface area contributed by atoms with Gasteiger partial charge in [0.1, 0.15) is 5.01 Å². The van der Waals surface area contributed by atoms with Crippen molar-refractivity contribution in [2.45, 2.75) is 45.6 Å². The van der Waals surface area contributed by atoms with Gasteiger partial charge < -0.3 is 15.0 Å². The number of halogens is 3. The van der Waals surface area contributed by atoms with E-state index in [0.29, 0.717) is 17.5 Å². The van der Waals surface area contributed by atoms with Crippen LogP contribution in [0, 0.1) is 5.92 Å². The summed E-state index contributed by atoms with van der Waals surface area (Å²) in [4.78, 5) is 17.7.